The fourth-order valence-electron chi connectivity index (χ4n) is 8.01. The molecule has 0 unspecified atom stereocenters. The second-order valence-corrected chi connectivity index (χ2v) is 14.5. The van der Waals surface area contributed by atoms with Crippen LogP contribution in [0.4, 0.5) is 17.1 Å². The normalized spacial score (nSPS) is 11.4. The summed E-state index contributed by atoms with van der Waals surface area (Å²) >= 11 is 0. The lowest BCUT2D eigenvalue weighted by molar-refractivity contribution is 0.669. The zero-order valence-corrected chi connectivity index (χ0v) is 31.3. The van der Waals surface area contributed by atoms with Crippen molar-refractivity contribution in [2.24, 2.45) is 0 Å². The Labute approximate surface area is 335 Å². The zero-order chi connectivity index (χ0) is 38.4. The van der Waals surface area contributed by atoms with E-state index in [4.69, 9.17) is 19.4 Å². The molecule has 0 aliphatic carbocycles. The molecule has 0 spiro atoms. The van der Waals surface area contributed by atoms with Gasteiger partial charge in [-0.25, -0.2) is 15.0 Å². The molecule has 11 rings (SSSR count). The maximum atomic E-state index is 6.86. The van der Waals surface area contributed by atoms with E-state index in [1.165, 1.54) is 10.9 Å². The topological polar surface area (TPSA) is 55.1 Å². The molecule has 0 radical (unpaired) electrons. The molecule has 5 heteroatoms. The van der Waals surface area contributed by atoms with Crippen LogP contribution in [-0.2, 0) is 0 Å². The van der Waals surface area contributed by atoms with Crippen LogP contribution < -0.4 is 4.90 Å². The van der Waals surface area contributed by atoms with Crippen molar-refractivity contribution >= 4 is 60.5 Å². The Morgan fingerprint density at radius 2 is 0.828 bits per heavy atom. The highest BCUT2D eigenvalue weighted by Crippen LogP contribution is 2.45. The molecule has 5 nitrogen and oxygen atoms in total. The zero-order valence-electron chi connectivity index (χ0n) is 31.3. The molecule has 0 amide bonds. The summed E-state index contributed by atoms with van der Waals surface area (Å²) in [5, 5.41) is 6.53. The SMILES string of the molecule is c1ccc(-c2ccc(N(c3ccc4ccccc4c3)c3cc(-c4nc(-c5ccccc5)nc(-c5ccccc5)n4)c4c(c3)oc3cc5ccccc5cc34)cc2)cc1. The van der Waals surface area contributed by atoms with Gasteiger partial charge in [0.05, 0.1) is 5.69 Å². The highest BCUT2D eigenvalue weighted by Gasteiger charge is 2.23. The van der Waals surface area contributed by atoms with E-state index in [1.807, 2.05) is 66.7 Å². The molecule has 58 heavy (non-hydrogen) atoms. The van der Waals surface area contributed by atoms with Crippen molar-refractivity contribution in [2.45, 2.75) is 0 Å². The van der Waals surface area contributed by atoms with Gasteiger partial charge in [0.1, 0.15) is 11.2 Å². The molecular formula is C53H34N4O. The van der Waals surface area contributed by atoms with E-state index in [9.17, 15) is 0 Å². The van der Waals surface area contributed by atoms with Crippen LogP contribution in [0.5, 0.6) is 0 Å². The molecule has 272 valence electrons. The van der Waals surface area contributed by atoms with Crippen molar-refractivity contribution in [2.75, 3.05) is 4.90 Å². The predicted octanol–water partition coefficient (Wildman–Crippen LogP) is 14.2. The minimum atomic E-state index is 0.563. The Morgan fingerprint density at radius 3 is 1.47 bits per heavy atom. The third-order valence-electron chi connectivity index (χ3n) is 10.8. The van der Waals surface area contributed by atoms with Crippen molar-refractivity contribution in [1.82, 2.24) is 15.0 Å². The number of rotatable bonds is 7. The first-order chi connectivity index (χ1) is 28.7. The summed E-state index contributed by atoms with van der Waals surface area (Å²) in [4.78, 5) is 17.8. The number of hydrogen-bond donors (Lipinski definition) is 0. The van der Waals surface area contributed by atoms with Crippen LogP contribution in [0, 0.1) is 0 Å². The molecule has 0 atom stereocenters. The Kier molecular flexibility index (Phi) is 8.07. The third kappa shape index (κ3) is 6.03. The quantitative estimate of drug-likeness (QED) is 0.163. The Bertz CT molecular complexity index is 3210. The van der Waals surface area contributed by atoms with Crippen molar-refractivity contribution in [3.05, 3.63) is 206 Å². The summed E-state index contributed by atoms with van der Waals surface area (Å²) in [7, 11) is 0. The van der Waals surface area contributed by atoms with E-state index in [0.29, 0.717) is 17.5 Å². The molecule has 2 heterocycles. The number of fused-ring (bicyclic) bond motifs is 5. The monoisotopic (exact) mass is 742 g/mol. The largest absolute Gasteiger partial charge is 0.456 e. The van der Waals surface area contributed by atoms with E-state index < -0.39 is 0 Å². The number of anilines is 3. The lowest BCUT2D eigenvalue weighted by atomic mass is 10.0. The number of nitrogens with zero attached hydrogens (tertiary/aromatic N) is 4. The molecular weight excluding hydrogens is 709 g/mol. The van der Waals surface area contributed by atoms with Crippen molar-refractivity contribution in [3.63, 3.8) is 0 Å². The molecule has 0 saturated carbocycles. The fourth-order valence-corrected chi connectivity index (χ4v) is 8.01. The van der Waals surface area contributed by atoms with Gasteiger partial charge in [-0.05, 0) is 75.1 Å². The first-order valence-corrected chi connectivity index (χ1v) is 19.4. The summed E-state index contributed by atoms with van der Waals surface area (Å²) in [5.41, 5.74) is 9.48. The molecule has 0 aliphatic heterocycles. The highest BCUT2D eigenvalue weighted by molar-refractivity contribution is 6.16. The van der Waals surface area contributed by atoms with Gasteiger partial charge in [0.15, 0.2) is 17.5 Å². The molecule has 9 aromatic carbocycles. The van der Waals surface area contributed by atoms with Crippen LogP contribution in [0.2, 0.25) is 0 Å². The Balaban J connectivity index is 1.20. The Hall–Kier alpha value is -7.89. The summed E-state index contributed by atoms with van der Waals surface area (Å²) in [6.45, 7) is 0. The van der Waals surface area contributed by atoms with Crippen LogP contribution in [0.25, 0.3) is 88.8 Å². The number of hydrogen-bond acceptors (Lipinski definition) is 5. The summed E-state index contributed by atoms with van der Waals surface area (Å²) in [5.74, 6) is 1.77. The molecule has 2 aromatic heterocycles. The van der Waals surface area contributed by atoms with Crippen LogP contribution in [-0.4, -0.2) is 15.0 Å². The smallest absolute Gasteiger partial charge is 0.164 e. The molecule has 0 N–H and O–H groups in total. The summed E-state index contributed by atoms with van der Waals surface area (Å²) in [6, 6.07) is 71.7. The highest BCUT2D eigenvalue weighted by atomic mass is 16.3. The maximum Gasteiger partial charge on any atom is 0.164 e. The lowest BCUT2D eigenvalue weighted by Crippen LogP contribution is -2.10. The van der Waals surface area contributed by atoms with E-state index >= 15 is 0 Å². The van der Waals surface area contributed by atoms with Gasteiger partial charge in [-0.3, -0.25) is 0 Å². The number of aromatic nitrogens is 3. The van der Waals surface area contributed by atoms with Gasteiger partial charge in [-0.1, -0.05) is 158 Å². The first-order valence-electron chi connectivity index (χ1n) is 19.4. The fraction of sp³-hybridized carbons (Fsp3) is 0. The predicted molar refractivity (Wildman–Crippen MR) is 239 cm³/mol. The van der Waals surface area contributed by atoms with Crippen molar-refractivity contribution in [1.29, 1.82) is 0 Å². The molecule has 0 aliphatic rings. The van der Waals surface area contributed by atoms with Gasteiger partial charge in [0, 0.05) is 44.9 Å². The van der Waals surface area contributed by atoms with E-state index in [1.54, 1.807) is 0 Å². The standard InChI is InChI=1S/C53H34N4O/c1-4-14-35(15-5-1)37-24-27-43(28-25-37)57(44-29-26-36-16-10-11-21-40(36)30-44)45-33-47(50-46-31-41-22-12-13-23-42(41)32-48(46)58-49(50)34-45)53-55-51(38-17-6-2-7-18-38)54-52(56-53)39-19-8-3-9-20-39/h1-34H. The number of furan rings is 1. The van der Waals surface area contributed by atoms with E-state index in [0.717, 1.165) is 77.4 Å². The third-order valence-corrected chi connectivity index (χ3v) is 10.8. The van der Waals surface area contributed by atoms with Gasteiger partial charge in [0.2, 0.25) is 0 Å². The maximum absolute atomic E-state index is 6.86. The molecule has 0 fully saturated rings. The lowest BCUT2D eigenvalue weighted by Gasteiger charge is -2.26. The number of benzene rings is 9. The second-order valence-electron chi connectivity index (χ2n) is 14.5. The van der Waals surface area contributed by atoms with Gasteiger partial charge in [0.25, 0.3) is 0 Å². The van der Waals surface area contributed by atoms with Gasteiger partial charge in [-0.15, -0.1) is 0 Å². The summed E-state index contributed by atoms with van der Waals surface area (Å²) < 4.78 is 6.86. The van der Waals surface area contributed by atoms with Gasteiger partial charge in [-0.2, -0.15) is 0 Å². The molecule has 0 saturated heterocycles. The van der Waals surface area contributed by atoms with E-state index in [-0.39, 0.29) is 0 Å². The van der Waals surface area contributed by atoms with Gasteiger partial charge < -0.3 is 9.32 Å². The average molecular weight is 743 g/mol. The Morgan fingerprint density at radius 1 is 0.328 bits per heavy atom. The van der Waals surface area contributed by atoms with E-state index in [2.05, 4.69) is 144 Å². The van der Waals surface area contributed by atoms with Crippen LogP contribution >= 0.6 is 0 Å². The average Bonchev–Trinajstić information content (AvgIpc) is 3.66. The van der Waals surface area contributed by atoms with Gasteiger partial charge >= 0.3 is 0 Å². The summed E-state index contributed by atoms with van der Waals surface area (Å²) in [6.07, 6.45) is 0. The van der Waals surface area contributed by atoms with Crippen molar-refractivity contribution < 1.29 is 4.42 Å². The van der Waals surface area contributed by atoms with Crippen LogP contribution in [0.3, 0.4) is 0 Å². The first kappa shape index (κ1) is 33.4. The second kappa shape index (κ2) is 14.0. The van der Waals surface area contributed by atoms with Crippen LogP contribution in [0.1, 0.15) is 0 Å². The molecule has 0 bridgehead atoms. The van der Waals surface area contributed by atoms with Crippen molar-refractivity contribution in [3.8, 4) is 45.3 Å². The minimum Gasteiger partial charge on any atom is -0.456 e. The minimum absolute atomic E-state index is 0.563. The van der Waals surface area contributed by atoms with Crippen LogP contribution in [0.15, 0.2) is 211 Å². The molecule has 11 aromatic rings.